The van der Waals surface area contributed by atoms with Crippen LogP contribution in [0.1, 0.15) is 50.6 Å². The number of carbonyl (C=O) groups is 2. The second kappa shape index (κ2) is 9.03. The van der Waals surface area contributed by atoms with Crippen molar-refractivity contribution in [2.24, 2.45) is 0 Å². The number of ether oxygens (including phenoxy) is 1. The highest BCUT2D eigenvalue weighted by Gasteiger charge is 2.28. The van der Waals surface area contributed by atoms with Gasteiger partial charge in [0.2, 0.25) is 0 Å². The normalized spacial score (nSPS) is 13.0. The standard InChI is InChI=1S/C28H23BrN2O3/c1-16-25(22-15-20(29)11-13-24(22)30-26(16)18-6-4-3-5-7-18)27(32)31-23-12-10-19(28(33)34-2)14-21(23)17-8-9-17/h3-7,10-15,17H,8-9H2,1-2H3,(H,31,32). The maximum atomic E-state index is 13.8. The lowest BCUT2D eigenvalue weighted by molar-refractivity contribution is 0.0600. The number of fused-ring (bicyclic) bond motifs is 1. The van der Waals surface area contributed by atoms with E-state index in [2.05, 4.69) is 21.2 Å². The lowest BCUT2D eigenvalue weighted by atomic mass is 9.96. The van der Waals surface area contributed by atoms with Crippen LogP contribution >= 0.6 is 15.9 Å². The zero-order valence-corrected chi connectivity index (χ0v) is 20.5. The summed E-state index contributed by atoms with van der Waals surface area (Å²) >= 11 is 3.53. The van der Waals surface area contributed by atoms with Gasteiger partial charge in [-0.15, -0.1) is 0 Å². The zero-order chi connectivity index (χ0) is 23.8. The van der Waals surface area contributed by atoms with E-state index in [1.54, 1.807) is 12.1 Å². The summed E-state index contributed by atoms with van der Waals surface area (Å²) in [5.41, 5.74) is 6.07. The molecule has 34 heavy (non-hydrogen) atoms. The van der Waals surface area contributed by atoms with Gasteiger partial charge >= 0.3 is 5.97 Å². The third kappa shape index (κ3) is 4.21. The molecular weight excluding hydrogens is 492 g/mol. The summed E-state index contributed by atoms with van der Waals surface area (Å²) in [6.45, 7) is 1.94. The van der Waals surface area contributed by atoms with E-state index >= 15 is 0 Å². The minimum Gasteiger partial charge on any atom is -0.465 e. The SMILES string of the molecule is COC(=O)c1ccc(NC(=O)c2c(C)c(-c3ccccc3)nc3ccc(Br)cc23)c(C2CC2)c1. The number of pyridine rings is 1. The molecule has 1 amide bonds. The lowest BCUT2D eigenvalue weighted by Gasteiger charge is -2.17. The van der Waals surface area contributed by atoms with Gasteiger partial charge in [-0.05, 0) is 73.2 Å². The summed E-state index contributed by atoms with van der Waals surface area (Å²) in [5, 5.41) is 3.91. The largest absolute Gasteiger partial charge is 0.465 e. The van der Waals surface area contributed by atoms with Crippen molar-refractivity contribution in [1.29, 1.82) is 0 Å². The van der Waals surface area contributed by atoms with Crippen LogP contribution in [0.5, 0.6) is 0 Å². The van der Waals surface area contributed by atoms with Crippen molar-refractivity contribution in [3.05, 3.63) is 93.5 Å². The van der Waals surface area contributed by atoms with Gasteiger partial charge in [-0.2, -0.15) is 0 Å². The van der Waals surface area contributed by atoms with E-state index in [1.165, 1.54) is 7.11 Å². The summed E-state index contributed by atoms with van der Waals surface area (Å²) in [6.07, 6.45) is 2.08. The number of nitrogens with zero attached hydrogens (tertiary/aromatic N) is 1. The van der Waals surface area contributed by atoms with Crippen molar-refractivity contribution in [3.8, 4) is 11.3 Å². The summed E-state index contributed by atoms with van der Waals surface area (Å²) in [4.78, 5) is 30.7. The lowest BCUT2D eigenvalue weighted by Crippen LogP contribution is -2.17. The molecule has 5 nitrogen and oxygen atoms in total. The molecule has 1 aliphatic carbocycles. The van der Waals surface area contributed by atoms with Crippen molar-refractivity contribution < 1.29 is 14.3 Å². The summed E-state index contributed by atoms with van der Waals surface area (Å²) in [7, 11) is 1.37. The van der Waals surface area contributed by atoms with E-state index in [-0.39, 0.29) is 11.9 Å². The van der Waals surface area contributed by atoms with Crippen LogP contribution in [-0.2, 0) is 4.74 Å². The van der Waals surface area contributed by atoms with Crippen molar-refractivity contribution in [1.82, 2.24) is 4.98 Å². The number of methoxy groups -OCH3 is 1. The molecule has 1 N–H and O–H groups in total. The van der Waals surface area contributed by atoms with Crippen LogP contribution < -0.4 is 5.32 Å². The topological polar surface area (TPSA) is 68.3 Å². The highest BCUT2D eigenvalue weighted by atomic mass is 79.9. The van der Waals surface area contributed by atoms with Crippen LogP contribution in [0.25, 0.3) is 22.2 Å². The highest BCUT2D eigenvalue weighted by Crippen LogP contribution is 2.44. The number of carbonyl (C=O) groups excluding carboxylic acids is 2. The molecule has 170 valence electrons. The first kappa shape index (κ1) is 22.3. The van der Waals surface area contributed by atoms with Crippen molar-refractivity contribution in [3.63, 3.8) is 0 Å². The first-order chi connectivity index (χ1) is 16.5. The Bertz CT molecular complexity index is 1430. The van der Waals surface area contributed by atoms with Gasteiger partial charge < -0.3 is 10.1 Å². The molecule has 0 atom stereocenters. The molecule has 4 aromatic rings. The number of hydrogen-bond acceptors (Lipinski definition) is 4. The van der Waals surface area contributed by atoms with Crippen LogP contribution in [-0.4, -0.2) is 24.0 Å². The van der Waals surface area contributed by atoms with Gasteiger partial charge in [0.15, 0.2) is 0 Å². The molecule has 1 saturated carbocycles. The van der Waals surface area contributed by atoms with Gasteiger partial charge in [-0.3, -0.25) is 4.79 Å². The van der Waals surface area contributed by atoms with E-state index in [0.717, 1.165) is 56.3 Å². The van der Waals surface area contributed by atoms with E-state index in [0.29, 0.717) is 17.0 Å². The van der Waals surface area contributed by atoms with E-state index in [1.807, 2.05) is 61.5 Å². The van der Waals surface area contributed by atoms with Crippen molar-refractivity contribution in [2.45, 2.75) is 25.7 Å². The van der Waals surface area contributed by atoms with Crippen LogP contribution in [0.2, 0.25) is 0 Å². The molecule has 1 heterocycles. The fourth-order valence-corrected chi connectivity index (χ4v) is 4.70. The third-order valence-electron chi connectivity index (χ3n) is 6.20. The molecule has 1 aliphatic rings. The van der Waals surface area contributed by atoms with Gasteiger partial charge in [0, 0.05) is 21.1 Å². The predicted octanol–water partition coefficient (Wildman–Crippen LogP) is 6.89. The average Bonchev–Trinajstić information content (AvgIpc) is 3.69. The Balaban J connectivity index is 1.62. The number of hydrogen-bond donors (Lipinski definition) is 1. The van der Waals surface area contributed by atoms with Crippen LogP contribution in [0, 0.1) is 6.92 Å². The number of halogens is 1. The number of nitrogens with one attached hydrogen (secondary N) is 1. The van der Waals surface area contributed by atoms with Crippen LogP contribution in [0.3, 0.4) is 0 Å². The Hall–Kier alpha value is -3.51. The second-order valence-corrected chi connectivity index (χ2v) is 9.43. The van der Waals surface area contributed by atoms with Gasteiger partial charge in [0.05, 0.1) is 29.4 Å². The molecule has 0 spiro atoms. The number of esters is 1. The minimum absolute atomic E-state index is 0.201. The first-order valence-corrected chi connectivity index (χ1v) is 11.9. The maximum Gasteiger partial charge on any atom is 0.337 e. The fourth-order valence-electron chi connectivity index (χ4n) is 4.34. The molecule has 1 fully saturated rings. The van der Waals surface area contributed by atoms with E-state index in [4.69, 9.17) is 9.72 Å². The molecule has 0 aliphatic heterocycles. The number of aromatic nitrogens is 1. The fraction of sp³-hybridized carbons (Fsp3) is 0.179. The quantitative estimate of drug-likeness (QED) is 0.294. The zero-order valence-electron chi connectivity index (χ0n) is 18.9. The third-order valence-corrected chi connectivity index (χ3v) is 6.70. The number of anilines is 1. The molecule has 3 aromatic carbocycles. The molecule has 0 unspecified atom stereocenters. The molecule has 0 saturated heterocycles. The van der Waals surface area contributed by atoms with Crippen LogP contribution in [0.15, 0.2) is 71.2 Å². The maximum absolute atomic E-state index is 13.8. The number of rotatable bonds is 5. The molecule has 0 bridgehead atoms. The number of amides is 1. The Morgan fingerprint density at radius 3 is 2.50 bits per heavy atom. The van der Waals surface area contributed by atoms with Crippen LogP contribution in [0.4, 0.5) is 5.69 Å². The average molecular weight is 515 g/mol. The summed E-state index contributed by atoms with van der Waals surface area (Å²) < 4.78 is 5.75. The van der Waals surface area contributed by atoms with Crippen molar-refractivity contribution >= 4 is 44.4 Å². The van der Waals surface area contributed by atoms with Gasteiger partial charge in [0.25, 0.3) is 5.91 Å². The Morgan fingerprint density at radius 1 is 1.03 bits per heavy atom. The second-order valence-electron chi connectivity index (χ2n) is 8.51. The summed E-state index contributed by atoms with van der Waals surface area (Å²) in [6, 6.07) is 21.0. The number of benzene rings is 3. The van der Waals surface area contributed by atoms with Gasteiger partial charge in [-0.25, -0.2) is 9.78 Å². The molecule has 6 heteroatoms. The Morgan fingerprint density at radius 2 is 1.79 bits per heavy atom. The van der Waals surface area contributed by atoms with E-state index < -0.39 is 0 Å². The van der Waals surface area contributed by atoms with Gasteiger partial charge in [0.1, 0.15) is 0 Å². The smallest absolute Gasteiger partial charge is 0.337 e. The summed E-state index contributed by atoms with van der Waals surface area (Å²) in [5.74, 6) is -0.245. The predicted molar refractivity (Wildman–Crippen MR) is 137 cm³/mol. The van der Waals surface area contributed by atoms with Crippen molar-refractivity contribution in [2.75, 3.05) is 12.4 Å². The van der Waals surface area contributed by atoms with Gasteiger partial charge in [-0.1, -0.05) is 46.3 Å². The molecule has 5 rings (SSSR count). The highest BCUT2D eigenvalue weighted by molar-refractivity contribution is 9.10. The Labute approximate surface area is 206 Å². The molecule has 0 radical (unpaired) electrons. The first-order valence-electron chi connectivity index (χ1n) is 11.1. The monoisotopic (exact) mass is 514 g/mol. The minimum atomic E-state index is -0.381. The Kier molecular flexibility index (Phi) is 5.92. The molecule has 1 aromatic heterocycles. The molecular formula is C28H23BrN2O3. The van der Waals surface area contributed by atoms with E-state index in [9.17, 15) is 9.59 Å².